The Balaban J connectivity index is 2.34. The fraction of sp³-hybridized carbons (Fsp3) is 1.00. The third-order valence-corrected chi connectivity index (χ3v) is 3.16. The second kappa shape index (κ2) is 6.38. The zero-order valence-corrected chi connectivity index (χ0v) is 9.28. The van der Waals surface area contributed by atoms with E-state index < -0.39 is 0 Å². The summed E-state index contributed by atoms with van der Waals surface area (Å²) in [5, 5.41) is 8.98. The van der Waals surface area contributed by atoms with Gasteiger partial charge in [0.15, 0.2) is 0 Å². The lowest BCUT2D eigenvalue weighted by atomic mass is 9.90. The summed E-state index contributed by atoms with van der Waals surface area (Å²) >= 11 is 0. The molecule has 0 spiro atoms. The SMILES string of the molecule is CCCN(CCO)C1CCC(N)CC1. The van der Waals surface area contributed by atoms with E-state index in [1.807, 2.05) is 0 Å². The number of aliphatic hydroxyl groups is 1. The highest BCUT2D eigenvalue weighted by molar-refractivity contribution is 4.80. The van der Waals surface area contributed by atoms with Gasteiger partial charge in [0.2, 0.25) is 0 Å². The quantitative estimate of drug-likeness (QED) is 0.695. The van der Waals surface area contributed by atoms with Gasteiger partial charge in [-0.15, -0.1) is 0 Å². The summed E-state index contributed by atoms with van der Waals surface area (Å²) in [4.78, 5) is 2.42. The highest BCUT2D eigenvalue weighted by Crippen LogP contribution is 2.21. The van der Waals surface area contributed by atoms with Gasteiger partial charge in [-0.05, 0) is 38.6 Å². The molecule has 0 radical (unpaired) electrons. The lowest BCUT2D eigenvalue weighted by Gasteiger charge is -2.35. The average Bonchev–Trinajstić information content (AvgIpc) is 2.19. The maximum absolute atomic E-state index is 8.98. The Kier molecular flexibility index (Phi) is 5.45. The van der Waals surface area contributed by atoms with Crippen molar-refractivity contribution in [3.63, 3.8) is 0 Å². The molecule has 3 heteroatoms. The van der Waals surface area contributed by atoms with Crippen molar-refractivity contribution in [1.82, 2.24) is 4.90 Å². The largest absolute Gasteiger partial charge is 0.395 e. The molecule has 1 saturated carbocycles. The highest BCUT2D eigenvalue weighted by atomic mass is 16.3. The van der Waals surface area contributed by atoms with Crippen molar-refractivity contribution in [3.8, 4) is 0 Å². The minimum atomic E-state index is 0.280. The molecule has 0 aliphatic heterocycles. The van der Waals surface area contributed by atoms with Crippen molar-refractivity contribution in [2.45, 2.75) is 51.1 Å². The zero-order chi connectivity index (χ0) is 10.4. The van der Waals surface area contributed by atoms with Crippen LogP contribution in [0, 0.1) is 0 Å². The van der Waals surface area contributed by atoms with Crippen LogP contribution in [0.3, 0.4) is 0 Å². The van der Waals surface area contributed by atoms with E-state index in [9.17, 15) is 0 Å². The molecule has 14 heavy (non-hydrogen) atoms. The molecule has 84 valence electrons. The minimum Gasteiger partial charge on any atom is -0.395 e. The lowest BCUT2D eigenvalue weighted by Crippen LogP contribution is -2.42. The number of hydrogen-bond donors (Lipinski definition) is 2. The van der Waals surface area contributed by atoms with E-state index in [1.165, 1.54) is 19.3 Å². The van der Waals surface area contributed by atoms with Crippen LogP contribution in [0.2, 0.25) is 0 Å². The Labute approximate surface area is 87.3 Å². The van der Waals surface area contributed by atoms with Crippen molar-refractivity contribution in [2.75, 3.05) is 19.7 Å². The first kappa shape index (κ1) is 12.0. The molecule has 0 unspecified atom stereocenters. The molecule has 0 aromatic carbocycles. The van der Waals surface area contributed by atoms with Crippen LogP contribution in [0.1, 0.15) is 39.0 Å². The molecular weight excluding hydrogens is 176 g/mol. The van der Waals surface area contributed by atoms with Crippen LogP contribution in [0.5, 0.6) is 0 Å². The van der Waals surface area contributed by atoms with Gasteiger partial charge in [0, 0.05) is 18.6 Å². The molecule has 1 fully saturated rings. The van der Waals surface area contributed by atoms with Gasteiger partial charge in [-0.2, -0.15) is 0 Å². The summed E-state index contributed by atoms with van der Waals surface area (Å²) in [7, 11) is 0. The monoisotopic (exact) mass is 200 g/mol. The van der Waals surface area contributed by atoms with E-state index in [2.05, 4.69) is 11.8 Å². The van der Waals surface area contributed by atoms with Crippen molar-refractivity contribution < 1.29 is 5.11 Å². The van der Waals surface area contributed by atoms with E-state index in [1.54, 1.807) is 0 Å². The van der Waals surface area contributed by atoms with Crippen molar-refractivity contribution in [3.05, 3.63) is 0 Å². The van der Waals surface area contributed by atoms with Crippen molar-refractivity contribution in [1.29, 1.82) is 0 Å². The Hall–Kier alpha value is -0.120. The average molecular weight is 200 g/mol. The molecule has 1 rings (SSSR count). The van der Waals surface area contributed by atoms with E-state index >= 15 is 0 Å². The van der Waals surface area contributed by atoms with E-state index in [4.69, 9.17) is 10.8 Å². The predicted octanol–water partition coefficient (Wildman–Crippen LogP) is 0.961. The lowest BCUT2D eigenvalue weighted by molar-refractivity contribution is 0.120. The van der Waals surface area contributed by atoms with Crippen LogP contribution in [-0.2, 0) is 0 Å². The molecule has 0 heterocycles. The molecular formula is C11H24N2O. The molecule has 0 aromatic heterocycles. The summed E-state index contributed by atoms with van der Waals surface area (Å²) < 4.78 is 0. The Bertz CT molecular complexity index is 138. The highest BCUT2D eigenvalue weighted by Gasteiger charge is 2.23. The van der Waals surface area contributed by atoms with Gasteiger partial charge in [-0.1, -0.05) is 6.92 Å². The first-order valence-corrected chi connectivity index (χ1v) is 5.88. The molecule has 1 aliphatic carbocycles. The van der Waals surface area contributed by atoms with E-state index in [-0.39, 0.29) is 6.61 Å². The number of nitrogens with zero attached hydrogens (tertiary/aromatic N) is 1. The topological polar surface area (TPSA) is 49.5 Å². The minimum absolute atomic E-state index is 0.280. The Morgan fingerprint density at radius 3 is 2.36 bits per heavy atom. The number of aliphatic hydroxyl groups excluding tert-OH is 1. The standard InChI is InChI=1S/C11H24N2O/c1-2-7-13(8-9-14)11-5-3-10(12)4-6-11/h10-11,14H,2-9,12H2,1H3. The van der Waals surface area contributed by atoms with Gasteiger partial charge in [-0.3, -0.25) is 4.90 Å². The normalized spacial score (nSPS) is 28.3. The second-order valence-corrected chi connectivity index (χ2v) is 4.33. The fourth-order valence-corrected chi connectivity index (χ4v) is 2.36. The molecule has 0 atom stereocenters. The van der Waals surface area contributed by atoms with Crippen LogP contribution >= 0.6 is 0 Å². The van der Waals surface area contributed by atoms with Crippen LogP contribution in [-0.4, -0.2) is 41.8 Å². The van der Waals surface area contributed by atoms with E-state index in [0.29, 0.717) is 12.1 Å². The first-order chi connectivity index (χ1) is 6.77. The van der Waals surface area contributed by atoms with Crippen molar-refractivity contribution in [2.24, 2.45) is 5.73 Å². The summed E-state index contributed by atoms with van der Waals surface area (Å²) in [5.41, 5.74) is 5.88. The number of hydrogen-bond acceptors (Lipinski definition) is 3. The first-order valence-electron chi connectivity index (χ1n) is 5.88. The van der Waals surface area contributed by atoms with Crippen LogP contribution in [0.15, 0.2) is 0 Å². The van der Waals surface area contributed by atoms with Crippen molar-refractivity contribution >= 4 is 0 Å². The summed E-state index contributed by atoms with van der Waals surface area (Å²) in [6, 6.07) is 1.09. The Morgan fingerprint density at radius 1 is 1.21 bits per heavy atom. The maximum atomic E-state index is 8.98. The number of nitrogens with two attached hydrogens (primary N) is 1. The molecule has 1 aliphatic rings. The summed E-state index contributed by atoms with van der Waals surface area (Å²) in [6.07, 6.45) is 5.89. The second-order valence-electron chi connectivity index (χ2n) is 4.33. The molecule has 0 saturated heterocycles. The van der Waals surface area contributed by atoms with Gasteiger partial charge in [0.25, 0.3) is 0 Å². The maximum Gasteiger partial charge on any atom is 0.0558 e. The molecule has 0 aromatic rings. The van der Waals surface area contributed by atoms with Crippen LogP contribution in [0.4, 0.5) is 0 Å². The fourth-order valence-electron chi connectivity index (χ4n) is 2.36. The van der Waals surface area contributed by atoms with Crippen LogP contribution < -0.4 is 5.73 Å². The van der Waals surface area contributed by atoms with Gasteiger partial charge in [0.05, 0.1) is 6.61 Å². The molecule has 3 N–H and O–H groups in total. The van der Waals surface area contributed by atoms with Crippen LogP contribution in [0.25, 0.3) is 0 Å². The smallest absolute Gasteiger partial charge is 0.0558 e. The zero-order valence-electron chi connectivity index (χ0n) is 9.28. The molecule has 0 bridgehead atoms. The third-order valence-electron chi connectivity index (χ3n) is 3.16. The van der Waals surface area contributed by atoms with Gasteiger partial charge < -0.3 is 10.8 Å². The van der Waals surface area contributed by atoms with Gasteiger partial charge >= 0.3 is 0 Å². The summed E-state index contributed by atoms with van der Waals surface area (Å²) in [6.45, 7) is 4.41. The van der Waals surface area contributed by atoms with Gasteiger partial charge in [-0.25, -0.2) is 0 Å². The van der Waals surface area contributed by atoms with Gasteiger partial charge in [0.1, 0.15) is 0 Å². The molecule has 3 nitrogen and oxygen atoms in total. The third kappa shape index (κ3) is 3.56. The summed E-state index contributed by atoms with van der Waals surface area (Å²) in [5.74, 6) is 0. The number of rotatable bonds is 5. The Morgan fingerprint density at radius 2 is 1.86 bits per heavy atom. The molecule has 0 amide bonds. The van der Waals surface area contributed by atoms with E-state index in [0.717, 1.165) is 25.9 Å². The predicted molar refractivity (Wildman–Crippen MR) is 59.2 cm³/mol.